The first-order valence-electron chi connectivity index (χ1n) is 6.71. The van der Waals surface area contributed by atoms with Crippen LogP contribution in [0.25, 0.3) is 0 Å². The zero-order valence-corrected chi connectivity index (χ0v) is 11.6. The highest BCUT2D eigenvalue weighted by Crippen LogP contribution is 1.99. The van der Waals surface area contributed by atoms with Gasteiger partial charge in [0.05, 0.1) is 6.61 Å². The summed E-state index contributed by atoms with van der Waals surface area (Å²) in [5, 5.41) is 2.77. The largest absolute Gasteiger partial charge is 0.450 e. The molecule has 0 unspecified atom stereocenters. The first kappa shape index (κ1) is 18.6. The molecule has 0 rings (SSSR count). The quantitative estimate of drug-likeness (QED) is 0.571. The van der Waals surface area contributed by atoms with E-state index in [2.05, 4.69) is 19.2 Å². The van der Waals surface area contributed by atoms with E-state index in [0.717, 1.165) is 25.8 Å². The second kappa shape index (κ2) is 15.2. The van der Waals surface area contributed by atoms with E-state index in [0.29, 0.717) is 6.61 Å². The van der Waals surface area contributed by atoms with E-state index < -0.39 is 0 Å². The fourth-order valence-electron chi connectivity index (χ4n) is 1.49. The van der Waals surface area contributed by atoms with Crippen molar-refractivity contribution >= 4 is 6.09 Å². The lowest BCUT2D eigenvalue weighted by Gasteiger charge is -2.06. The van der Waals surface area contributed by atoms with Crippen molar-refractivity contribution in [3.63, 3.8) is 0 Å². The molecule has 0 fully saturated rings. The first-order chi connectivity index (χ1) is 7.81. The molecular weight excluding hydrogens is 216 g/mol. The summed E-state index contributed by atoms with van der Waals surface area (Å²) in [6.45, 7) is 5.65. The number of hydrogen-bond donors (Lipinski definition) is 2. The van der Waals surface area contributed by atoms with E-state index in [4.69, 9.17) is 4.74 Å². The van der Waals surface area contributed by atoms with E-state index >= 15 is 0 Å². The van der Waals surface area contributed by atoms with Gasteiger partial charge in [-0.2, -0.15) is 0 Å². The Morgan fingerprint density at radius 2 is 1.53 bits per heavy atom. The van der Waals surface area contributed by atoms with Gasteiger partial charge < -0.3 is 16.2 Å². The Balaban J connectivity index is 0. The average molecular weight is 246 g/mol. The number of unbranched alkanes of at least 4 members (excludes halogenated alkanes) is 6. The van der Waals surface area contributed by atoms with Gasteiger partial charge in [0.2, 0.25) is 0 Å². The zero-order valence-electron chi connectivity index (χ0n) is 11.6. The van der Waals surface area contributed by atoms with Gasteiger partial charge in [0, 0.05) is 6.54 Å². The maximum Gasteiger partial charge on any atom is 0.407 e. The lowest BCUT2D eigenvalue weighted by atomic mass is 10.2. The number of carbonyl (C=O) groups excluding carboxylic acids is 1. The number of nitrogens with one attached hydrogen (secondary N) is 1. The van der Waals surface area contributed by atoms with Gasteiger partial charge in [0.1, 0.15) is 0 Å². The van der Waals surface area contributed by atoms with Gasteiger partial charge >= 0.3 is 6.09 Å². The normalized spacial score (nSPS) is 9.53. The summed E-state index contributed by atoms with van der Waals surface area (Å²) >= 11 is 0. The van der Waals surface area contributed by atoms with E-state index in [1.165, 1.54) is 32.1 Å². The molecule has 17 heavy (non-hydrogen) atoms. The van der Waals surface area contributed by atoms with Gasteiger partial charge in [0.25, 0.3) is 0 Å². The molecule has 0 radical (unpaired) electrons. The third-order valence-electron chi connectivity index (χ3n) is 2.53. The van der Waals surface area contributed by atoms with Crippen molar-refractivity contribution in [2.45, 2.75) is 65.2 Å². The predicted octanol–water partition coefficient (Wildman–Crippen LogP) is 4.04. The maximum absolute atomic E-state index is 11.2. The van der Waals surface area contributed by atoms with Crippen LogP contribution in [0.4, 0.5) is 4.79 Å². The number of rotatable bonds is 10. The molecular formula is C13H30N2O2. The number of ether oxygens (including phenoxy) is 1. The summed E-state index contributed by atoms with van der Waals surface area (Å²) in [6, 6.07) is 0. The SMILES string of the molecule is CCCCCCNC(=O)OCCCCCC.N. The first-order valence-corrected chi connectivity index (χ1v) is 6.71. The molecule has 0 saturated heterocycles. The van der Waals surface area contributed by atoms with Crippen LogP contribution in [0.5, 0.6) is 0 Å². The van der Waals surface area contributed by atoms with Crippen molar-refractivity contribution in [1.29, 1.82) is 0 Å². The Morgan fingerprint density at radius 3 is 2.12 bits per heavy atom. The summed E-state index contributed by atoms with van der Waals surface area (Å²) in [6.07, 6.45) is 9.03. The zero-order chi connectivity index (χ0) is 12.1. The van der Waals surface area contributed by atoms with Gasteiger partial charge in [-0.25, -0.2) is 4.79 Å². The van der Waals surface area contributed by atoms with E-state index in [9.17, 15) is 4.79 Å². The minimum absolute atomic E-state index is 0. The van der Waals surface area contributed by atoms with Crippen molar-refractivity contribution in [2.24, 2.45) is 0 Å². The van der Waals surface area contributed by atoms with Crippen LogP contribution in [-0.2, 0) is 4.74 Å². The Hall–Kier alpha value is -0.770. The molecule has 0 aliphatic rings. The molecule has 0 aliphatic heterocycles. The molecule has 4 heteroatoms. The Labute approximate surface area is 106 Å². The third kappa shape index (κ3) is 15.2. The van der Waals surface area contributed by atoms with Crippen LogP contribution in [0.15, 0.2) is 0 Å². The summed E-state index contributed by atoms with van der Waals surface area (Å²) in [7, 11) is 0. The lowest BCUT2D eigenvalue weighted by Crippen LogP contribution is -2.25. The third-order valence-corrected chi connectivity index (χ3v) is 2.53. The molecule has 0 aromatic carbocycles. The lowest BCUT2D eigenvalue weighted by molar-refractivity contribution is 0.143. The molecule has 0 aromatic heterocycles. The topological polar surface area (TPSA) is 73.3 Å². The van der Waals surface area contributed by atoms with E-state index in [-0.39, 0.29) is 12.2 Å². The van der Waals surface area contributed by atoms with Crippen molar-refractivity contribution in [3.05, 3.63) is 0 Å². The molecule has 0 atom stereocenters. The van der Waals surface area contributed by atoms with Crippen LogP contribution in [0.2, 0.25) is 0 Å². The highest BCUT2D eigenvalue weighted by molar-refractivity contribution is 5.66. The standard InChI is InChI=1S/C13H27NO2.H3N/c1-3-5-7-9-11-14-13(15)16-12-10-8-6-4-2;/h3-12H2,1-2H3,(H,14,15);1H3. The van der Waals surface area contributed by atoms with Crippen LogP contribution >= 0.6 is 0 Å². The fourth-order valence-corrected chi connectivity index (χ4v) is 1.49. The maximum atomic E-state index is 11.2. The summed E-state index contributed by atoms with van der Waals surface area (Å²) in [5.74, 6) is 0. The molecule has 0 aromatic rings. The van der Waals surface area contributed by atoms with Crippen molar-refractivity contribution in [2.75, 3.05) is 13.2 Å². The Kier molecular flexibility index (Phi) is 16.7. The second-order valence-corrected chi connectivity index (χ2v) is 4.18. The smallest absolute Gasteiger partial charge is 0.407 e. The van der Waals surface area contributed by atoms with Gasteiger partial charge in [-0.1, -0.05) is 52.4 Å². The predicted molar refractivity (Wildman–Crippen MR) is 72.7 cm³/mol. The average Bonchev–Trinajstić information content (AvgIpc) is 2.28. The van der Waals surface area contributed by atoms with Crippen molar-refractivity contribution < 1.29 is 9.53 Å². The second-order valence-electron chi connectivity index (χ2n) is 4.18. The van der Waals surface area contributed by atoms with Crippen LogP contribution in [0.1, 0.15) is 65.2 Å². The molecule has 0 saturated carbocycles. The molecule has 4 N–H and O–H groups in total. The number of hydrogen-bond acceptors (Lipinski definition) is 3. The van der Waals surface area contributed by atoms with E-state index in [1.807, 2.05) is 0 Å². The summed E-state index contributed by atoms with van der Waals surface area (Å²) < 4.78 is 5.05. The fraction of sp³-hybridized carbons (Fsp3) is 0.923. The monoisotopic (exact) mass is 246 g/mol. The van der Waals surface area contributed by atoms with Gasteiger partial charge in [-0.05, 0) is 12.8 Å². The molecule has 0 bridgehead atoms. The van der Waals surface area contributed by atoms with Gasteiger partial charge in [-0.15, -0.1) is 0 Å². The highest BCUT2D eigenvalue weighted by Gasteiger charge is 1.99. The van der Waals surface area contributed by atoms with Crippen LogP contribution in [-0.4, -0.2) is 19.2 Å². The van der Waals surface area contributed by atoms with Crippen molar-refractivity contribution in [1.82, 2.24) is 11.5 Å². The summed E-state index contributed by atoms with van der Waals surface area (Å²) in [5.41, 5.74) is 0. The molecule has 0 spiro atoms. The molecule has 4 nitrogen and oxygen atoms in total. The molecule has 0 heterocycles. The Bertz CT molecular complexity index is 147. The van der Waals surface area contributed by atoms with Crippen LogP contribution in [0.3, 0.4) is 0 Å². The molecule has 1 amide bonds. The highest BCUT2D eigenvalue weighted by atomic mass is 16.5. The van der Waals surface area contributed by atoms with Crippen LogP contribution in [0, 0.1) is 0 Å². The molecule has 104 valence electrons. The number of amides is 1. The minimum Gasteiger partial charge on any atom is -0.450 e. The van der Waals surface area contributed by atoms with Gasteiger partial charge in [0.15, 0.2) is 0 Å². The summed E-state index contributed by atoms with van der Waals surface area (Å²) in [4.78, 5) is 11.2. The number of alkyl carbamates (subject to hydrolysis) is 1. The Morgan fingerprint density at radius 1 is 0.941 bits per heavy atom. The van der Waals surface area contributed by atoms with Crippen LogP contribution < -0.4 is 11.5 Å². The van der Waals surface area contributed by atoms with Crippen molar-refractivity contribution in [3.8, 4) is 0 Å². The molecule has 0 aliphatic carbocycles. The van der Waals surface area contributed by atoms with Gasteiger partial charge in [-0.3, -0.25) is 0 Å². The minimum atomic E-state index is -0.256. The van der Waals surface area contributed by atoms with E-state index in [1.54, 1.807) is 0 Å². The number of carbonyl (C=O) groups is 1.